The van der Waals surface area contributed by atoms with E-state index in [0.717, 1.165) is 19.8 Å². The fraction of sp³-hybridized carbons (Fsp3) is 0.200. The van der Waals surface area contributed by atoms with Crippen molar-refractivity contribution in [3.8, 4) is 0 Å². The normalized spacial score (nSPS) is 11.4. The highest BCUT2D eigenvalue weighted by Crippen LogP contribution is 2.35. The van der Waals surface area contributed by atoms with Crippen molar-refractivity contribution < 1.29 is 9.21 Å². The number of aromatic nitrogens is 1. The van der Waals surface area contributed by atoms with Crippen LogP contribution in [0.1, 0.15) is 40.8 Å². The van der Waals surface area contributed by atoms with E-state index in [1.807, 2.05) is 24.3 Å². The number of thiophene rings is 1. The van der Waals surface area contributed by atoms with Crippen molar-refractivity contribution in [1.82, 2.24) is 4.98 Å². The number of halogens is 1. The highest BCUT2D eigenvalue weighted by Gasteiger charge is 2.24. The summed E-state index contributed by atoms with van der Waals surface area (Å²) in [5.41, 5.74) is 2.16. The van der Waals surface area contributed by atoms with Gasteiger partial charge in [-0.15, -0.1) is 11.3 Å². The number of carbonyl (C=O) groups is 1. The van der Waals surface area contributed by atoms with Gasteiger partial charge in [-0.05, 0) is 57.7 Å². The van der Waals surface area contributed by atoms with Gasteiger partial charge in [-0.3, -0.25) is 9.69 Å². The van der Waals surface area contributed by atoms with Gasteiger partial charge in [-0.2, -0.15) is 0 Å². The highest BCUT2D eigenvalue weighted by atomic mass is 79.9. The summed E-state index contributed by atoms with van der Waals surface area (Å²) in [5, 5.41) is 0.684. The number of fused-ring (bicyclic) bond motifs is 1. The molecule has 4 rings (SSSR count). The van der Waals surface area contributed by atoms with Gasteiger partial charge < -0.3 is 4.42 Å². The van der Waals surface area contributed by atoms with Crippen molar-refractivity contribution in [2.75, 3.05) is 4.90 Å². The molecule has 0 saturated carbocycles. The number of thiazole rings is 1. The van der Waals surface area contributed by atoms with Gasteiger partial charge in [0.05, 0.1) is 31.7 Å². The van der Waals surface area contributed by atoms with Crippen molar-refractivity contribution in [1.29, 1.82) is 0 Å². The molecule has 27 heavy (non-hydrogen) atoms. The number of para-hydroxylation sites is 1. The molecule has 0 N–H and O–H groups in total. The number of carbonyl (C=O) groups excluding carboxylic acids is 1. The Labute approximate surface area is 173 Å². The van der Waals surface area contributed by atoms with Gasteiger partial charge in [0.1, 0.15) is 5.76 Å². The van der Waals surface area contributed by atoms with Crippen LogP contribution in [-0.4, -0.2) is 10.9 Å². The van der Waals surface area contributed by atoms with Crippen molar-refractivity contribution in [3.05, 3.63) is 68.7 Å². The first kappa shape index (κ1) is 18.4. The maximum Gasteiger partial charge on any atom is 0.270 e. The number of anilines is 1. The standard InChI is InChI=1S/C20H17BrN2O2S2/c1-12(2)14-6-3-7-15-18(14)22-20(27-15)23(11-13-5-4-10-25-13)19(24)16-8-9-17(21)26-16/h3-10,12H,11H2,1-2H3. The first-order valence-corrected chi connectivity index (χ1v) is 10.9. The smallest absolute Gasteiger partial charge is 0.270 e. The minimum absolute atomic E-state index is 0.0766. The first-order valence-electron chi connectivity index (χ1n) is 8.52. The maximum absolute atomic E-state index is 13.2. The van der Waals surface area contributed by atoms with Gasteiger partial charge in [0.25, 0.3) is 5.91 Å². The molecule has 0 bridgehead atoms. The Morgan fingerprint density at radius 2 is 2.04 bits per heavy atom. The van der Waals surface area contributed by atoms with Crippen molar-refractivity contribution in [3.63, 3.8) is 0 Å². The molecule has 0 atom stereocenters. The van der Waals surface area contributed by atoms with Crippen LogP contribution in [0.5, 0.6) is 0 Å². The Balaban J connectivity index is 1.79. The van der Waals surface area contributed by atoms with Crippen LogP contribution in [-0.2, 0) is 6.54 Å². The number of amides is 1. The van der Waals surface area contributed by atoms with Crippen molar-refractivity contribution in [2.24, 2.45) is 0 Å². The average Bonchev–Trinajstić information content (AvgIpc) is 3.38. The van der Waals surface area contributed by atoms with Gasteiger partial charge in [-0.25, -0.2) is 4.98 Å². The summed E-state index contributed by atoms with van der Waals surface area (Å²) < 4.78 is 7.50. The number of hydrogen-bond donors (Lipinski definition) is 0. The molecular weight excluding hydrogens is 444 g/mol. The zero-order valence-electron chi connectivity index (χ0n) is 14.8. The van der Waals surface area contributed by atoms with Gasteiger partial charge in [0.15, 0.2) is 5.13 Å². The average molecular weight is 461 g/mol. The first-order chi connectivity index (χ1) is 13.0. The van der Waals surface area contributed by atoms with E-state index in [1.54, 1.807) is 11.2 Å². The number of hydrogen-bond acceptors (Lipinski definition) is 5. The lowest BCUT2D eigenvalue weighted by Crippen LogP contribution is -2.29. The van der Waals surface area contributed by atoms with E-state index in [2.05, 4.69) is 48.0 Å². The van der Waals surface area contributed by atoms with Gasteiger partial charge in [0, 0.05) is 0 Å². The van der Waals surface area contributed by atoms with E-state index in [0.29, 0.717) is 22.5 Å². The molecule has 0 spiro atoms. The molecule has 0 aliphatic carbocycles. The summed E-state index contributed by atoms with van der Waals surface area (Å²) in [6.45, 7) is 4.66. The third kappa shape index (κ3) is 3.72. The van der Waals surface area contributed by atoms with Crippen LogP contribution in [0.2, 0.25) is 0 Å². The molecule has 138 valence electrons. The second-order valence-electron chi connectivity index (χ2n) is 6.42. The van der Waals surface area contributed by atoms with Crippen LogP contribution in [0.25, 0.3) is 10.2 Å². The molecular formula is C20H17BrN2O2S2. The summed E-state index contributed by atoms with van der Waals surface area (Å²) in [6.07, 6.45) is 1.62. The predicted molar refractivity (Wildman–Crippen MR) is 115 cm³/mol. The Bertz CT molecular complexity index is 1080. The van der Waals surface area contributed by atoms with Gasteiger partial charge in [0.2, 0.25) is 0 Å². The van der Waals surface area contributed by atoms with Crippen LogP contribution < -0.4 is 4.90 Å². The molecule has 3 aromatic heterocycles. The number of benzene rings is 1. The second-order valence-corrected chi connectivity index (χ2v) is 9.89. The molecule has 3 heterocycles. The van der Waals surface area contributed by atoms with Crippen LogP contribution >= 0.6 is 38.6 Å². The Hall–Kier alpha value is -1.96. The Morgan fingerprint density at radius 1 is 1.19 bits per heavy atom. The van der Waals surface area contributed by atoms with Crippen LogP contribution in [0.3, 0.4) is 0 Å². The molecule has 7 heteroatoms. The van der Waals surface area contributed by atoms with E-state index in [4.69, 9.17) is 9.40 Å². The monoisotopic (exact) mass is 460 g/mol. The Kier molecular flexibility index (Phi) is 5.16. The molecule has 0 aliphatic rings. The number of nitrogens with zero attached hydrogens (tertiary/aromatic N) is 2. The fourth-order valence-corrected chi connectivity index (χ4v) is 5.22. The summed E-state index contributed by atoms with van der Waals surface area (Å²) in [4.78, 5) is 20.4. The second kappa shape index (κ2) is 7.58. The van der Waals surface area contributed by atoms with E-state index in [1.165, 1.54) is 28.2 Å². The van der Waals surface area contributed by atoms with E-state index in [9.17, 15) is 4.79 Å². The van der Waals surface area contributed by atoms with Gasteiger partial charge >= 0.3 is 0 Å². The molecule has 0 aliphatic heterocycles. The summed E-state index contributed by atoms with van der Waals surface area (Å²) >= 11 is 6.39. The summed E-state index contributed by atoms with van der Waals surface area (Å²) in [6, 6.07) is 13.6. The quantitative estimate of drug-likeness (QED) is 0.333. The number of furan rings is 1. The highest BCUT2D eigenvalue weighted by molar-refractivity contribution is 9.11. The van der Waals surface area contributed by atoms with Crippen molar-refractivity contribution in [2.45, 2.75) is 26.3 Å². The van der Waals surface area contributed by atoms with Crippen LogP contribution in [0, 0.1) is 0 Å². The molecule has 0 saturated heterocycles. The molecule has 0 unspecified atom stereocenters. The zero-order valence-corrected chi connectivity index (χ0v) is 18.0. The van der Waals surface area contributed by atoms with Crippen LogP contribution in [0.15, 0.2) is 56.9 Å². The Morgan fingerprint density at radius 3 is 2.70 bits per heavy atom. The molecule has 1 amide bonds. The number of rotatable bonds is 5. The minimum Gasteiger partial charge on any atom is -0.467 e. The lowest BCUT2D eigenvalue weighted by molar-refractivity contribution is 0.0987. The maximum atomic E-state index is 13.2. The molecule has 0 fully saturated rings. The molecule has 1 aromatic carbocycles. The minimum atomic E-state index is -0.0766. The SMILES string of the molecule is CC(C)c1cccc2sc(N(Cc3ccco3)C(=O)c3ccc(Br)s3)nc12. The molecule has 4 aromatic rings. The zero-order chi connectivity index (χ0) is 19.0. The molecule has 4 nitrogen and oxygen atoms in total. The lowest BCUT2D eigenvalue weighted by Gasteiger charge is -2.17. The summed E-state index contributed by atoms with van der Waals surface area (Å²) in [7, 11) is 0. The third-order valence-corrected chi connectivity index (χ3v) is 6.87. The fourth-order valence-electron chi connectivity index (χ4n) is 2.89. The van der Waals surface area contributed by atoms with E-state index < -0.39 is 0 Å². The molecule has 0 radical (unpaired) electrons. The van der Waals surface area contributed by atoms with Gasteiger partial charge in [-0.1, -0.05) is 37.3 Å². The largest absolute Gasteiger partial charge is 0.467 e. The summed E-state index contributed by atoms with van der Waals surface area (Å²) in [5.74, 6) is 1.01. The lowest BCUT2D eigenvalue weighted by atomic mass is 10.0. The van der Waals surface area contributed by atoms with E-state index in [-0.39, 0.29) is 5.91 Å². The topological polar surface area (TPSA) is 46.3 Å². The third-order valence-electron chi connectivity index (χ3n) is 4.22. The van der Waals surface area contributed by atoms with E-state index >= 15 is 0 Å². The predicted octanol–water partition coefficient (Wildman–Crippen LogP) is 6.68. The van der Waals surface area contributed by atoms with Crippen LogP contribution in [0.4, 0.5) is 5.13 Å². The van der Waals surface area contributed by atoms with Crippen molar-refractivity contribution >= 4 is 59.9 Å².